The zero-order valence-electron chi connectivity index (χ0n) is 16.7. The summed E-state index contributed by atoms with van der Waals surface area (Å²) in [6.45, 7) is 0. The summed E-state index contributed by atoms with van der Waals surface area (Å²) < 4.78 is 1.36. The number of primary amides is 1. The maximum atomic E-state index is 13.4. The predicted octanol–water partition coefficient (Wildman–Crippen LogP) is 3.54. The van der Waals surface area contributed by atoms with Crippen LogP contribution in [0, 0.1) is 0 Å². The molecule has 3 aromatic carbocycles. The molecule has 4 aromatic rings. The van der Waals surface area contributed by atoms with E-state index < -0.39 is 11.9 Å². The van der Waals surface area contributed by atoms with E-state index in [0.717, 1.165) is 11.1 Å². The van der Waals surface area contributed by atoms with Gasteiger partial charge in [0.1, 0.15) is 17.6 Å². The highest BCUT2D eigenvalue weighted by molar-refractivity contribution is 5.82. The van der Waals surface area contributed by atoms with Crippen molar-refractivity contribution in [1.29, 1.82) is 0 Å². The quantitative estimate of drug-likeness (QED) is 0.507. The minimum absolute atomic E-state index is 0.121. The summed E-state index contributed by atoms with van der Waals surface area (Å²) in [7, 11) is 0. The number of phenolic OH excluding ortho intramolecular Hbond substituents is 1. The zero-order valence-corrected chi connectivity index (χ0v) is 16.7. The number of nitrogens with zero attached hydrogens (tertiary/aromatic N) is 2. The molecule has 0 aliphatic rings. The Hall–Kier alpha value is -4.19. The van der Waals surface area contributed by atoms with Gasteiger partial charge in [0.05, 0.1) is 10.9 Å². The van der Waals surface area contributed by atoms with Crippen molar-refractivity contribution in [3.8, 4) is 5.75 Å². The number of benzene rings is 3. The van der Waals surface area contributed by atoms with E-state index in [9.17, 15) is 14.7 Å². The lowest BCUT2D eigenvalue weighted by atomic mass is 10.0. The molecule has 1 heterocycles. The number of hydrogen-bond acceptors (Lipinski definition) is 4. The molecule has 154 valence electrons. The van der Waals surface area contributed by atoms with E-state index in [1.54, 1.807) is 36.4 Å². The average molecular weight is 411 g/mol. The van der Waals surface area contributed by atoms with Crippen molar-refractivity contribution < 1.29 is 9.90 Å². The number of fused-ring (bicyclic) bond motifs is 1. The number of hydrogen-bond donors (Lipinski definition) is 2. The van der Waals surface area contributed by atoms with Gasteiger partial charge in [-0.1, -0.05) is 60.7 Å². The van der Waals surface area contributed by atoms with Crippen LogP contribution in [-0.4, -0.2) is 20.6 Å². The highest BCUT2D eigenvalue weighted by Crippen LogP contribution is 2.20. The third kappa shape index (κ3) is 4.38. The topological polar surface area (TPSA) is 98.2 Å². The highest BCUT2D eigenvalue weighted by atomic mass is 16.3. The van der Waals surface area contributed by atoms with Crippen LogP contribution in [0.3, 0.4) is 0 Å². The van der Waals surface area contributed by atoms with E-state index in [2.05, 4.69) is 4.98 Å². The maximum absolute atomic E-state index is 13.4. The molecule has 3 N–H and O–H groups in total. The van der Waals surface area contributed by atoms with Crippen molar-refractivity contribution in [3.63, 3.8) is 0 Å². The molecule has 0 aliphatic heterocycles. The van der Waals surface area contributed by atoms with Gasteiger partial charge >= 0.3 is 0 Å². The van der Waals surface area contributed by atoms with Gasteiger partial charge < -0.3 is 10.8 Å². The minimum atomic E-state index is -0.940. The summed E-state index contributed by atoms with van der Waals surface area (Å²) in [5.41, 5.74) is 7.65. The van der Waals surface area contributed by atoms with Gasteiger partial charge in [-0.2, -0.15) is 0 Å². The number of aromatic nitrogens is 2. The third-order valence-electron chi connectivity index (χ3n) is 5.06. The van der Waals surface area contributed by atoms with Gasteiger partial charge in [0.25, 0.3) is 5.56 Å². The third-order valence-corrected chi connectivity index (χ3v) is 5.06. The molecule has 1 atom stereocenters. The second kappa shape index (κ2) is 8.67. The molecule has 1 aromatic heterocycles. The Morgan fingerprint density at radius 1 is 0.968 bits per heavy atom. The fraction of sp³-hybridized carbons (Fsp3) is 0.0800. The lowest BCUT2D eigenvalue weighted by molar-refractivity contribution is -0.121. The zero-order chi connectivity index (χ0) is 21.8. The van der Waals surface area contributed by atoms with Gasteiger partial charge in [0.2, 0.25) is 5.91 Å². The Kier molecular flexibility index (Phi) is 5.62. The van der Waals surface area contributed by atoms with Crippen molar-refractivity contribution in [2.24, 2.45) is 5.73 Å². The smallest absolute Gasteiger partial charge is 0.262 e. The van der Waals surface area contributed by atoms with Gasteiger partial charge in [-0.15, -0.1) is 0 Å². The molecule has 6 heteroatoms. The normalized spacial score (nSPS) is 12.3. The second-order valence-electron chi connectivity index (χ2n) is 7.20. The summed E-state index contributed by atoms with van der Waals surface area (Å²) in [6, 6.07) is 22.2. The van der Waals surface area contributed by atoms with Crippen molar-refractivity contribution >= 4 is 29.0 Å². The van der Waals surface area contributed by atoms with Gasteiger partial charge in [-0.05, 0) is 41.5 Å². The van der Waals surface area contributed by atoms with E-state index in [0.29, 0.717) is 16.7 Å². The molecule has 0 spiro atoms. The molecule has 0 saturated heterocycles. The van der Waals surface area contributed by atoms with E-state index in [4.69, 9.17) is 5.73 Å². The van der Waals surface area contributed by atoms with E-state index in [1.807, 2.05) is 42.5 Å². The number of carbonyl (C=O) groups excluding carboxylic acids is 1. The molecule has 1 amide bonds. The summed E-state index contributed by atoms with van der Waals surface area (Å²) in [5.74, 6) is -0.174. The van der Waals surface area contributed by atoms with Gasteiger partial charge in [-0.3, -0.25) is 14.2 Å². The molecule has 1 unspecified atom stereocenters. The Labute approximate surface area is 178 Å². The summed E-state index contributed by atoms with van der Waals surface area (Å²) in [4.78, 5) is 30.5. The first-order valence-corrected chi connectivity index (χ1v) is 9.84. The van der Waals surface area contributed by atoms with Gasteiger partial charge in [0, 0.05) is 6.42 Å². The number of amides is 1. The van der Waals surface area contributed by atoms with E-state index in [1.165, 1.54) is 16.7 Å². The fourth-order valence-electron chi connectivity index (χ4n) is 3.49. The van der Waals surface area contributed by atoms with Crippen molar-refractivity contribution in [2.75, 3.05) is 0 Å². The molecular weight excluding hydrogens is 390 g/mol. The van der Waals surface area contributed by atoms with Crippen LogP contribution in [0.4, 0.5) is 0 Å². The van der Waals surface area contributed by atoms with Crippen LogP contribution in [0.5, 0.6) is 5.75 Å². The summed E-state index contributed by atoms with van der Waals surface area (Å²) in [6.07, 6.45) is 3.75. The highest BCUT2D eigenvalue weighted by Gasteiger charge is 2.23. The fourth-order valence-corrected chi connectivity index (χ4v) is 3.49. The van der Waals surface area contributed by atoms with Gasteiger partial charge in [0.15, 0.2) is 0 Å². The number of nitrogens with two attached hydrogens (primary N) is 1. The Morgan fingerprint density at radius 2 is 1.65 bits per heavy atom. The first-order valence-electron chi connectivity index (χ1n) is 9.84. The van der Waals surface area contributed by atoms with Crippen LogP contribution < -0.4 is 11.3 Å². The largest absolute Gasteiger partial charge is 0.508 e. The Morgan fingerprint density at radius 3 is 2.35 bits per heavy atom. The van der Waals surface area contributed by atoms with Crippen molar-refractivity contribution in [2.45, 2.75) is 12.5 Å². The predicted molar refractivity (Wildman–Crippen MR) is 121 cm³/mol. The Bertz CT molecular complexity index is 1310. The standard InChI is InChI=1S/C25H21N3O3/c26-24(30)22(16-18-10-13-19(29)14-11-18)28-23(15-12-17-6-2-1-3-7-17)27-21-9-5-4-8-20(21)25(28)31/h1-15,22,29H,16H2,(H2,26,30)/b15-12+. The van der Waals surface area contributed by atoms with Crippen LogP contribution in [0.2, 0.25) is 0 Å². The average Bonchev–Trinajstić information content (AvgIpc) is 2.78. The number of carbonyl (C=O) groups is 1. The molecule has 4 rings (SSSR count). The second-order valence-corrected chi connectivity index (χ2v) is 7.20. The molecule has 0 bridgehead atoms. The van der Waals surface area contributed by atoms with Crippen molar-refractivity contribution in [1.82, 2.24) is 9.55 Å². The number of aromatic hydroxyl groups is 1. The number of phenols is 1. The first-order chi connectivity index (χ1) is 15.0. The molecular formula is C25H21N3O3. The number of rotatable bonds is 6. The molecule has 0 aliphatic carbocycles. The molecule has 31 heavy (non-hydrogen) atoms. The monoisotopic (exact) mass is 411 g/mol. The SMILES string of the molecule is NC(=O)C(Cc1ccc(O)cc1)n1c(/C=C/c2ccccc2)nc2ccccc2c1=O. The van der Waals surface area contributed by atoms with E-state index >= 15 is 0 Å². The van der Waals surface area contributed by atoms with Crippen LogP contribution in [-0.2, 0) is 11.2 Å². The number of para-hydroxylation sites is 1. The summed E-state index contributed by atoms with van der Waals surface area (Å²) >= 11 is 0. The molecule has 0 saturated carbocycles. The Balaban J connectivity index is 1.87. The lowest BCUT2D eigenvalue weighted by Gasteiger charge is -2.20. The first kappa shape index (κ1) is 20.1. The van der Waals surface area contributed by atoms with E-state index in [-0.39, 0.29) is 17.7 Å². The van der Waals surface area contributed by atoms with Gasteiger partial charge in [-0.25, -0.2) is 4.98 Å². The molecule has 0 fully saturated rings. The molecule has 0 radical (unpaired) electrons. The summed E-state index contributed by atoms with van der Waals surface area (Å²) in [5, 5.41) is 9.95. The van der Waals surface area contributed by atoms with Crippen LogP contribution >= 0.6 is 0 Å². The van der Waals surface area contributed by atoms with Crippen LogP contribution in [0.15, 0.2) is 83.7 Å². The minimum Gasteiger partial charge on any atom is -0.508 e. The maximum Gasteiger partial charge on any atom is 0.262 e. The van der Waals surface area contributed by atoms with Crippen LogP contribution in [0.1, 0.15) is 23.0 Å². The molecule has 6 nitrogen and oxygen atoms in total. The lowest BCUT2D eigenvalue weighted by Crippen LogP contribution is -2.37. The van der Waals surface area contributed by atoms with Crippen molar-refractivity contribution in [3.05, 3.63) is 106 Å². The van der Waals surface area contributed by atoms with Crippen LogP contribution in [0.25, 0.3) is 23.1 Å².